The minimum absolute atomic E-state index is 0.282. The van der Waals surface area contributed by atoms with E-state index in [-0.39, 0.29) is 11.8 Å². The van der Waals surface area contributed by atoms with Crippen molar-refractivity contribution in [2.45, 2.75) is 19.9 Å². The Bertz CT molecular complexity index is 972. The first-order chi connectivity index (χ1) is 14.4. The number of ether oxygens (including phenoxy) is 2. The minimum Gasteiger partial charge on any atom is -0.497 e. The summed E-state index contributed by atoms with van der Waals surface area (Å²) in [5.74, 6) is 0.861. The van der Waals surface area contributed by atoms with Gasteiger partial charge in [0.15, 0.2) is 0 Å². The third-order valence-corrected chi connectivity index (χ3v) is 5.77. The number of nitrogens with zero attached hydrogens (tertiary/aromatic N) is 1. The number of rotatable bonds is 7. The summed E-state index contributed by atoms with van der Waals surface area (Å²) in [6.07, 6.45) is 1.76. The van der Waals surface area contributed by atoms with Crippen molar-refractivity contribution in [1.29, 1.82) is 0 Å². The molecule has 0 radical (unpaired) electrons. The van der Waals surface area contributed by atoms with Crippen molar-refractivity contribution in [3.05, 3.63) is 59.0 Å². The van der Waals surface area contributed by atoms with Crippen LogP contribution in [0.5, 0.6) is 11.5 Å². The van der Waals surface area contributed by atoms with Gasteiger partial charge in [0, 0.05) is 5.69 Å². The van der Waals surface area contributed by atoms with Gasteiger partial charge in [0.2, 0.25) is 5.91 Å². The molecule has 0 saturated carbocycles. The number of nitrogens with one attached hydrogen (secondary N) is 1. The molecule has 3 rings (SSSR count). The molecule has 0 aliphatic carbocycles. The molecular weight excluding hydrogens is 420 g/mol. The second kappa shape index (κ2) is 9.77. The standard InChI is InChI=1S/C22H22N2O4S2/c1-4-28-18-11-7-16(8-12-18)23-20(25)14(2)24-21(26)19(30-22(24)29)13-15-5-9-17(27-3)10-6-15/h5-14H,4H2,1-3H3,(H,23,25)/b19-13-. The Morgan fingerprint density at radius 1 is 1.17 bits per heavy atom. The van der Waals surface area contributed by atoms with E-state index in [2.05, 4.69) is 5.32 Å². The summed E-state index contributed by atoms with van der Waals surface area (Å²) in [6, 6.07) is 13.7. The molecule has 30 heavy (non-hydrogen) atoms. The average Bonchev–Trinajstić information content (AvgIpc) is 3.02. The molecule has 1 unspecified atom stereocenters. The van der Waals surface area contributed by atoms with Gasteiger partial charge in [-0.2, -0.15) is 0 Å². The maximum Gasteiger partial charge on any atom is 0.266 e. The molecule has 1 saturated heterocycles. The van der Waals surface area contributed by atoms with E-state index in [1.165, 1.54) is 16.7 Å². The Kier molecular flexibility index (Phi) is 7.12. The number of thiocarbonyl (C=S) groups is 1. The highest BCUT2D eigenvalue weighted by Crippen LogP contribution is 2.34. The quantitative estimate of drug-likeness (QED) is 0.509. The lowest BCUT2D eigenvalue weighted by Crippen LogP contribution is -2.44. The van der Waals surface area contributed by atoms with Gasteiger partial charge in [-0.25, -0.2) is 0 Å². The highest BCUT2D eigenvalue weighted by Gasteiger charge is 2.38. The Morgan fingerprint density at radius 2 is 1.80 bits per heavy atom. The van der Waals surface area contributed by atoms with Gasteiger partial charge >= 0.3 is 0 Å². The summed E-state index contributed by atoms with van der Waals surface area (Å²) in [5, 5.41) is 2.82. The molecule has 2 aromatic rings. The van der Waals surface area contributed by atoms with Gasteiger partial charge in [0.25, 0.3) is 5.91 Å². The lowest BCUT2D eigenvalue weighted by molar-refractivity contribution is -0.129. The Labute approximate surface area is 185 Å². The molecule has 2 aromatic carbocycles. The highest BCUT2D eigenvalue weighted by molar-refractivity contribution is 8.26. The van der Waals surface area contributed by atoms with Crippen molar-refractivity contribution in [3.8, 4) is 11.5 Å². The van der Waals surface area contributed by atoms with E-state index in [9.17, 15) is 9.59 Å². The molecule has 1 aliphatic heterocycles. The van der Waals surface area contributed by atoms with Crippen molar-refractivity contribution in [1.82, 2.24) is 4.90 Å². The van der Waals surface area contributed by atoms with E-state index in [1.54, 1.807) is 44.4 Å². The van der Waals surface area contributed by atoms with Crippen molar-refractivity contribution < 1.29 is 19.1 Å². The second-order valence-corrected chi connectivity index (χ2v) is 8.12. The first-order valence-corrected chi connectivity index (χ1v) is 10.6. The van der Waals surface area contributed by atoms with Crippen LogP contribution in [0.4, 0.5) is 5.69 Å². The summed E-state index contributed by atoms with van der Waals surface area (Å²) in [5.41, 5.74) is 1.47. The van der Waals surface area contributed by atoms with Gasteiger partial charge < -0.3 is 14.8 Å². The SMILES string of the molecule is CCOc1ccc(NC(=O)C(C)N2C(=O)/C(=C/c3ccc(OC)cc3)SC2=S)cc1. The molecule has 2 amide bonds. The van der Waals surface area contributed by atoms with Crippen LogP contribution in [0.1, 0.15) is 19.4 Å². The molecule has 1 atom stereocenters. The molecule has 0 spiro atoms. The van der Waals surface area contributed by atoms with Gasteiger partial charge in [0.1, 0.15) is 21.9 Å². The molecule has 1 heterocycles. The number of anilines is 1. The monoisotopic (exact) mass is 442 g/mol. The fourth-order valence-corrected chi connectivity index (χ4v) is 4.25. The van der Waals surface area contributed by atoms with Crippen molar-refractivity contribution in [2.75, 3.05) is 19.0 Å². The number of amides is 2. The van der Waals surface area contributed by atoms with Crippen LogP contribution in [-0.4, -0.2) is 40.8 Å². The summed E-state index contributed by atoms with van der Waals surface area (Å²) in [4.78, 5) is 27.4. The topological polar surface area (TPSA) is 67.9 Å². The van der Waals surface area contributed by atoms with Gasteiger partial charge in [-0.3, -0.25) is 14.5 Å². The van der Waals surface area contributed by atoms with E-state index in [1.807, 2.05) is 31.2 Å². The molecule has 0 bridgehead atoms. The molecule has 156 valence electrons. The summed E-state index contributed by atoms with van der Waals surface area (Å²) >= 11 is 6.55. The lowest BCUT2D eigenvalue weighted by Gasteiger charge is -2.22. The van der Waals surface area contributed by atoms with Crippen molar-refractivity contribution in [2.24, 2.45) is 0 Å². The van der Waals surface area contributed by atoms with Crippen LogP contribution in [0.25, 0.3) is 6.08 Å². The number of hydrogen-bond donors (Lipinski definition) is 1. The smallest absolute Gasteiger partial charge is 0.266 e. The molecule has 8 heteroatoms. The van der Waals surface area contributed by atoms with E-state index >= 15 is 0 Å². The maximum absolute atomic E-state index is 12.9. The summed E-state index contributed by atoms with van der Waals surface area (Å²) in [7, 11) is 1.60. The van der Waals surface area contributed by atoms with Gasteiger partial charge in [-0.05, 0) is 61.9 Å². The summed E-state index contributed by atoms with van der Waals surface area (Å²) < 4.78 is 10.9. The van der Waals surface area contributed by atoms with Crippen molar-refractivity contribution >= 4 is 51.9 Å². The van der Waals surface area contributed by atoms with E-state index < -0.39 is 6.04 Å². The number of carbonyl (C=O) groups excluding carboxylic acids is 2. The zero-order valence-corrected chi connectivity index (χ0v) is 18.5. The predicted molar refractivity (Wildman–Crippen MR) is 124 cm³/mol. The van der Waals surface area contributed by atoms with E-state index in [0.717, 1.165) is 17.1 Å². The minimum atomic E-state index is -0.745. The number of carbonyl (C=O) groups is 2. The normalized spacial score (nSPS) is 16.0. The Hall–Kier alpha value is -2.84. The van der Waals surface area contributed by atoms with E-state index in [0.29, 0.717) is 21.5 Å². The molecule has 6 nitrogen and oxygen atoms in total. The van der Waals surface area contributed by atoms with Crippen LogP contribution in [-0.2, 0) is 9.59 Å². The fourth-order valence-electron chi connectivity index (χ4n) is 2.83. The first-order valence-electron chi connectivity index (χ1n) is 9.37. The number of methoxy groups -OCH3 is 1. The fraction of sp³-hybridized carbons (Fsp3) is 0.227. The number of hydrogen-bond acceptors (Lipinski definition) is 6. The van der Waals surface area contributed by atoms with Gasteiger partial charge in [-0.1, -0.05) is 36.1 Å². The largest absolute Gasteiger partial charge is 0.497 e. The van der Waals surface area contributed by atoms with Crippen LogP contribution in [0.15, 0.2) is 53.4 Å². The zero-order chi connectivity index (χ0) is 21.7. The Morgan fingerprint density at radius 3 is 2.40 bits per heavy atom. The molecule has 0 aromatic heterocycles. The van der Waals surface area contributed by atoms with Crippen molar-refractivity contribution in [3.63, 3.8) is 0 Å². The molecular formula is C22H22N2O4S2. The number of benzene rings is 2. The predicted octanol–water partition coefficient (Wildman–Crippen LogP) is 4.32. The van der Waals surface area contributed by atoms with E-state index in [4.69, 9.17) is 21.7 Å². The second-order valence-electron chi connectivity index (χ2n) is 6.45. The molecule has 1 N–H and O–H groups in total. The van der Waals surface area contributed by atoms with Crippen LogP contribution >= 0.6 is 24.0 Å². The third kappa shape index (κ3) is 5.01. The van der Waals surface area contributed by atoms with Crippen LogP contribution in [0.3, 0.4) is 0 Å². The maximum atomic E-state index is 12.9. The molecule has 1 aliphatic rings. The summed E-state index contributed by atoms with van der Waals surface area (Å²) in [6.45, 7) is 4.13. The first kappa shape index (κ1) is 21.9. The highest BCUT2D eigenvalue weighted by atomic mass is 32.2. The van der Waals surface area contributed by atoms with Gasteiger partial charge in [-0.15, -0.1) is 0 Å². The van der Waals surface area contributed by atoms with Crippen LogP contribution in [0, 0.1) is 0 Å². The number of thioether (sulfide) groups is 1. The lowest BCUT2D eigenvalue weighted by atomic mass is 10.2. The third-order valence-electron chi connectivity index (χ3n) is 4.44. The van der Waals surface area contributed by atoms with Crippen LogP contribution < -0.4 is 14.8 Å². The zero-order valence-electron chi connectivity index (χ0n) is 16.9. The Balaban J connectivity index is 1.69. The van der Waals surface area contributed by atoms with Crippen LogP contribution in [0.2, 0.25) is 0 Å². The van der Waals surface area contributed by atoms with Gasteiger partial charge in [0.05, 0.1) is 18.6 Å². The molecule has 1 fully saturated rings. The average molecular weight is 443 g/mol.